The normalized spacial score (nSPS) is 13.3. The van der Waals surface area contributed by atoms with Crippen molar-refractivity contribution in [2.24, 2.45) is 0 Å². The number of nitro benzene ring substituents is 1. The van der Waals surface area contributed by atoms with Gasteiger partial charge in [-0.15, -0.1) is 11.8 Å². The maximum Gasteiger partial charge on any atom is 0.337 e. The smallest absolute Gasteiger partial charge is 0.337 e. The highest BCUT2D eigenvalue weighted by Crippen LogP contribution is 2.28. The first kappa shape index (κ1) is 16.9. The lowest BCUT2D eigenvalue weighted by Gasteiger charge is -2.18. The van der Waals surface area contributed by atoms with E-state index in [0.29, 0.717) is 4.90 Å². The molecule has 0 aromatic heterocycles. The van der Waals surface area contributed by atoms with Crippen LogP contribution in [0, 0.1) is 10.1 Å². The molecule has 0 aliphatic rings. The second-order valence-corrected chi connectivity index (χ2v) is 5.25. The maximum absolute atomic E-state index is 11.8. The molecule has 21 heavy (non-hydrogen) atoms. The number of carboxylic acids is 1. The average molecular weight is 314 g/mol. The summed E-state index contributed by atoms with van der Waals surface area (Å²) in [5.74, 6) is -2.18. The Balaban J connectivity index is 2.91. The summed E-state index contributed by atoms with van der Waals surface area (Å²) in [7, 11) is 0. The molecule has 0 aliphatic carbocycles. The number of hydrogen-bond donors (Lipinski definition) is 3. The quantitative estimate of drug-likeness (QED) is 0.403. The van der Waals surface area contributed by atoms with Crippen LogP contribution in [0.2, 0.25) is 0 Å². The number of nitro groups is 1. The molecule has 3 N–H and O–H groups in total. The van der Waals surface area contributed by atoms with Crippen LogP contribution in [0.1, 0.15) is 17.3 Å². The van der Waals surface area contributed by atoms with Gasteiger partial charge in [0.2, 0.25) is 0 Å². The molecule has 0 radical (unpaired) electrons. The zero-order valence-corrected chi connectivity index (χ0v) is 12.1. The first-order valence-electron chi connectivity index (χ1n) is 5.75. The van der Waals surface area contributed by atoms with Crippen LogP contribution < -0.4 is 5.32 Å². The minimum absolute atomic E-state index is 0.0145. The van der Waals surface area contributed by atoms with E-state index in [1.54, 1.807) is 6.26 Å². The fraction of sp³-hybridized carbons (Fsp3) is 0.333. The number of amides is 1. The number of carboxylic acid groups (broad SMARTS) is 1. The minimum Gasteiger partial charge on any atom is -0.479 e. The third-order valence-corrected chi connectivity index (χ3v) is 3.48. The van der Waals surface area contributed by atoms with Crippen molar-refractivity contribution in [2.45, 2.75) is 17.4 Å². The summed E-state index contributed by atoms with van der Waals surface area (Å²) in [6, 6.07) is 3.94. The van der Waals surface area contributed by atoms with Crippen LogP contribution in [0.25, 0.3) is 0 Å². The Morgan fingerprint density at radius 2 is 2.10 bits per heavy atom. The van der Waals surface area contributed by atoms with E-state index in [-0.39, 0.29) is 11.3 Å². The SMILES string of the molecule is CSc1ccc(C(=O)NCC(C)(O)C(=O)O)cc1[N+](=O)[O-]. The molecule has 0 bridgehead atoms. The predicted molar refractivity (Wildman–Crippen MR) is 75.5 cm³/mol. The van der Waals surface area contributed by atoms with Crippen molar-refractivity contribution in [2.75, 3.05) is 12.8 Å². The lowest BCUT2D eigenvalue weighted by Crippen LogP contribution is -2.46. The largest absolute Gasteiger partial charge is 0.479 e. The molecule has 8 nitrogen and oxygen atoms in total. The molecule has 0 saturated heterocycles. The lowest BCUT2D eigenvalue weighted by atomic mass is 10.1. The van der Waals surface area contributed by atoms with Gasteiger partial charge in [0.25, 0.3) is 11.6 Å². The van der Waals surface area contributed by atoms with E-state index in [0.717, 1.165) is 13.0 Å². The van der Waals surface area contributed by atoms with Crippen molar-refractivity contribution in [3.05, 3.63) is 33.9 Å². The predicted octanol–water partition coefficient (Wildman–Crippen LogP) is 0.882. The average Bonchev–Trinajstić information content (AvgIpc) is 2.43. The van der Waals surface area contributed by atoms with Crippen LogP contribution in [-0.4, -0.2) is 45.4 Å². The summed E-state index contributed by atoms with van der Waals surface area (Å²) in [6.45, 7) is 0.522. The van der Waals surface area contributed by atoms with Crippen molar-refractivity contribution in [3.8, 4) is 0 Å². The standard InChI is InChI=1S/C12H14N2O6S/c1-12(18,11(16)17)6-13-10(15)7-3-4-9(21-2)8(5-7)14(19)20/h3-5,18H,6H2,1-2H3,(H,13,15)(H,16,17). The molecule has 1 aromatic rings. The number of nitrogens with one attached hydrogen (secondary N) is 1. The number of nitrogens with zero attached hydrogens (tertiary/aromatic N) is 1. The molecule has 0 heterocycles. The Hall–Kier alpha value is -2.13. The zero-order chi connectivity index (χ0) is 16.2. The molecular formula is C12H14N2O6S. The molecule has 1 rings (SSSR count). The van der Waals surface area contributed by atoms with Crippen LogP contribution in [0.5, 0.6) is 0 Å². The molecule has 1 aromatic carbocycles. The van der Waals surface area contributed by atoms with Crippen molar-refractivity contribution >= 4 is 29.3 Å². The van der Waals surface area contributed by atoms with Gasteiger partial charge in [0.05, 0.1) is 16.4 Å². The fourth-order valence-corrected chi connectivity index (χ4v) is 1.95. The van der Waals surface area contributed by atoms with Crippen LogP contribution >= 0.6 is 11.8 Å². The highest BCUT2D eigenvalue weighted by molar-refractivity contribution is 7.98. The molecule has 1 unspecified atom stereocenters. The first-order chi connectivity index (χ1) is 9.69. The molecular weight excluding hydrogens is 300 g/mol. The van der Waals surface area contributed by atoms with E-state index in [2.05, 4.69) is 5.32 Å². The van der Waals surface area contributed by atoms with E-state index in [1.807, 2.05) is 0 Å². The van der Waals surface area contributed by atoms with E-state index in [4.69, 9.17) is 5.11 Å². The van der Waals surface area contributed by atoms with Crippen molar-refractivity contribution in [1.29, 1.82) is 0 Å². The topological polar surface area (TPSA) is 130 Å². The minimum atomic E-state index is -2.11. The third-order valence-electron chi connectivity index (χ3n) is 2.69. The van der Waals surface area contributed by atoms with Gasteiger partial charge in [-0.05, 0) is 25.3 Å². The summed E-state index contributed by atoms with van der Waals surface area (Å²) >= 11 is 1.17. The monoisotopic (exact) mass is 314 g/mol. The van der Waals surface area contributed by atoms with Gasteiger partial charge in [-0.1, -0.05) is 0 Å². The number of rotatable bonds is 6. The fourth-order valence-electron chi connectivity index (χ4n) is 1.40. The number of hydrogen-bond acceptors (Lipinski definition) is 6. The van der Waals surface area contributed by atoms with Gasteiger partial charge in [-0.25, -0.2) is 4.79 Å². The number of carbonyl (C=O) groups excluding carboxylic acids is 1. The summed E-state index contributed by atoms with van der Waals surface area (Å²) < 4.78 is 0. The Bertz CT molecular complexity index is 587. The highest BCUT2D eigenvalue weighted by atomic mass is 32.2. The molecule has 0 saturated carbocycles. The summed E-state index contributed by atoms with van der Waals surface area (Å²) in [5, 5.41) is 31.3. The Morgan fingerprint density at radius 3 is 2.57 bits per heavy atom. The van der Waals surface area contributed by atoms with Crippen LogP contribution in [0.4, 0.5) is 5.69 Å². The number of aliphatic carboxylic acids is 1. The van der Waals surface area contributed by atoms with Gasteiger partial charge >= 0.3 is 5.97 Å². The Kier molecular flexibility index (Phi) is 5.28. The maximum atomic E-state index is 11.8. The van der Waals surface area contributed by atoms with E-state index in [9.17, 15) is 24.8 Å². The molecule has 1 amide bonds. The number of benzene rings is 1. The third kappa shape index (κ3) is 4.17. The first-order valence-corrected chi connectivity index (χ1v) is 6.98. The van der Waals surface area contributed by atoms with E-state index >= 15 is 0 Å². The van der Waals surface area contributed by atoms with Crippen LogP contribution in [0.3, 0.4) is 0 Å². The van der Waals surface area contributed by atoms with Gasteiger partial charge in [-0.2, -0.15) is 0 Å². The molecule has 114 valence electrons. The number of carbonyl (C=O) groups is 2. The van der Waals surface area contributed by atoms with Gasteiger partial charge in [0.1, 0.15) is 0 Å². The van der Waals surface area contributed by atoms with Gasteiger partial charge < -0.3 is 15.5 Å². The van der Waals surface area contributed by atoms with Gasteiger partial charge in [-0.3, -0.25) is 14.9 Å². The molecule has 9 heteroatoms. The summed E-state index contributed by atoms with van der Waals surface area (Å²) in [4.78, 5) is 33.3. The lowest BCUT2D eigenvalue weighted by molar-refractivity contribution is -0.387. The number of aliphatic hydroxyl groups is 1. The van der Waals surface area contributed by atoms with Crippen molar-refractivity contribution in [1.82, 2.24) is 5.32 Å². The molecule has 0 spiro atoms. The molecule has 0 fully saturated rings. The van der Waals surface area contributed by atoms with Gasteiger partial charge in [0, 0.05) is 11.6 Å². The van der Waals surface area contributed by atoms with E-state index in [1.165, 1.54) is 23.9 Å². The van der Waals surface area contributed by atoms with Crippen molar-refractivity contribution in [3.63, 3.8) is 0 Å². The molecule has 0 aliphatic heterocycles. The summed E-state index contributed by atoms with van der Waals surface area (Å²) in [5.41, 5.74) is -2.30. The number of thioether (sulfide) groups is 1. The zero-order valence-electron chi connectivity index (χ0n) is 11.3. The Morgan fingerprint density at radius 1 is 1.48 bits per heavy atom. The Labute approximate surface area is 124 Å². The summed E-state index contributed by atoms with van der Waals surface area (Å²) in [6.07, 6.45) is 1.67. The molecule has 1 atom stereocenters. The van der Waals surface area contributed by atoms with Crippen LogP contribution in [-0.2, 0) is 4.79 Å². The second kappa shape index (κ2) is 6.55. The highest BCUT2D eigenvalue weighted by Gasteiger charge is 2.30. The van der Waals surface area contributed by atoms with E-state index < -0.39 is 28.9 Å². The second-order valence-electron chi connectivity index (χ2n) is 4.41. The van der Waals surface area contributed by atoms with Gasteiger partial charge in [0.15, 0.2) is 5.60 Å². The van der Waals surface area contributed by atoms with Crippen molar-refractivity contribution < 1.29 is 24.7 Å². The van der Waals surface area contributed by atoms with Crippen LogP contribution in [0.15, 0.2) is 23.1 Å².